The summed E-state index contributed by atoms with van der Waals surface area (Å²) in [6, 6.07) is 12.3. The molecule has 0 atom stereocenters. The lowest BCUT2D eigenvalue weighted by Crippen LogP contribution is -2.37. The van der Waals surface area contributed by atoms with E-state index in [1.165, 1.54) is 18.3 Å². The molecule has 0 unspecified atom stereocenters. The van der Waals surface area contributed by atoms with Crippen LogP contribution in [-0.2, 0) is 4.74 Å². The Morgan fingerprint density at radius 3 is 2.67 bits per heavy atom. The highest BCUT2D eigenvalue weighted by Gasteiger charge is 2.17. The van der Waals surface area contributed by atoms with Gasteiger partial charge >= 0.3 is 0 Å². The minimum absolute atomic E-state index is 0.00581. The molecule has 0 bridgehead atoms. The normalized spacial score (nSPS) is 13.8. The van der Waals surface area contributed by atoms with Crippen LogP contribution in [0, 0.1) is 24.0 Å². The first-order chi connectivity index (χ1) is 16.0. The average Bonchev–Trinajstić information content (AvgIpc) is 2.82. The molecule has 3 aromatic rings. The summed E-state index contributed by atoms with van der Waals surface area (Å²) >= 11 is 0. The first-order valence-corrected chi connectivity index (χ1v) is 10.4. The Kier molecular flexibility index (Phi) is 6.69. The Bertz CT molecular complexity index is 1180. The van der Waals surface area contributed by atoms with Gasteiger partial charge in [0.15, 0.2) is 0 Å². The van der Waals surface area contributed by atoms with Crippen molar-refractivity contribution in [3.05, 3.63) is 69.3 Å². The number of aryl methyl sites for hydroxylation is 2. The second-order valence-electron chi connectivity index (χ2n) is 7.55. The quantitative estimate of drug-likeness (QED) is 0.317. The Morgan fingerprint density at radius 2 is 1.88 bits per heavy atom. The Morgan fingerprint density at radius 1 is 1.09 bits per heavy atom. The first-order valence-electron chi connectivity index (χ1n) is 10.4. The van der Waals surface area contributed by atoms with E-state index < -0.39 is 4.92 Å². The van der Waals surface area contributed by atoms with Crippen LogP contribution in [0.15, 0.2) is 47.6 Å². The van der Waals surface area contributed by atoms with Gasteiger partial charge in [-0.25, -0.2) is 5.43 Å². The fraction of sp³-hybridized carbons (Fsp3) is 0.273. The van der Waals surface area contributed by atoms with Gasteiger partial charge in [0, 0.05) is 36.5 Å². The van der Waals surface area contributed by atoms with Gasteiger partial charge in [0.1, 0.15) is 0 Å². The molecule has 0 aliphatic carbocycles. The van der Waals surface area contributed by atoms with E-state index in [2.05, 4.69) is 30.8 Å². The highest BCUT2D eigenvalue weighted by molar-refractivity contribution is 5.81. The maximum atomic E-state index is 11.0. The molecule has 0 radical (unpaired) electrons. The standard InChI is InChI=1S/C22H24N8O3/c1-15-6-7-16(2)19(12-15)24-20-25-21(27-22(26-20)29-8-10-33-11-9-29)28-23-14-17-4-3-5-18(13-17)30(31)32/h3-7,12-14H,8-11H2,1-2H3,(H2,24,25,26,27,28)/b23-14-. The number of nitro benzene ring substituents is 1. The van der Waals surface area contributed by atoms with Gasteiger partial charge in [-0.3, -0.25) is 10.1 Å². The molecule has 0 saturated carbocycles. The molecule has 0 amide bonds. The van der Waals surface area contributed by atoms with Crippen LogP contribution in [0.25, 0.3) is 0 Å². The van der Waals surface area contributed by atoms with Crippen LogP contribution in [0.4, 0.5) is 29.2 Å². The number of hydrogen-bond donors (Lipinski definition) is 2. The molecule has 0 spiro atoms. The number of ether oxygens (including phenoxy) is 1. The number of hydrazone groups is 1. The summed E-state index contributed by atoms with van der Waals surface area (Å²) in [6.45, 7) is 6.56. The summed E-state index contributed by atoms with van der Waals surface area (Å²) in [4.78, 5) is 26.1. The molecule has 1 fully saturated rings. The van der Waals surface area contributed by atoms with Crippen molar-refractivity contribution in [3.8, 4) is 0 Å². The largest absolute Gasteiger partial charge is 0.378 e. The van der Waals surface area contributed by atoms with E-state index in [4.69, 9.17) is 4.74 Å². The number of non-ortho nitro benzene ring substituents is 1. The van der Waals surface area contributed by atoms with Gasteiger partial charge < -0.3 is 15.0 Å². The van der Waals surface area contributed by atoms with Gasteiger partial charge in [0.05, 0.1) is 24.4 Å². The maximum absolute atomic E-state index is 11.0. The highest BCUT2D eigenvalue weighted by atomic mass is 16.6. The third-order valence-corrected chi connectivity index (χ3v) is 5.02. The van der Waals surface area contributed by atoms with Crippen LogP contribution in [0.3, 0.4) is 0 Å². The van der Waals surface area contributed by atoms with E-state index in [0.717, 1.165) is 16.8 Å². The third-order valence-electron chi connectivity index (χ3n) is 5.02. The Balaban J connectivity index is 1.59. The summed E-state index contributed by atoms with van der Waals surface area (Å²) in [6.07, 6.45) is 1.48. The van der Waals surface area contributed by atoms with Gasteiger partial charge in [-0.05, 0) is 31.0 Å². The Hall–Kier alpha value is -4.12. The topological polar surface area (TPSA) is 131 Å². The summed E-state index contributed by atoms with van der Waals surface area (Å²) < 4.78 is 5.43. The van der Waals surface area contributed by atoms with Crippen LogP contribution < -0.4 is 15.6 Å². The minimum Gasteiger partial charge on any atom is -0.378 e. The van der Waals surface area contributed by atoms with E-state index >= 15 is 0 Å². The van der Waals surface area contributed by atoms with Crippen molar-refractivity contribution in [2.24, 2.45) is 5.10 Å². The van der Waals surface area contributed by atoms with Gasteiger partial charge in [-0.2, -0.15) is 20.1 Å². The molecule has 11 nitrogen and oxygen atoms in total. The van der Waals surface area contributed by atoms with E-state index in [1.54, 1.807) is 12.1 Å². The lowest BCUT2D eigenvalue weighted by molar-refractivity contribution is -0.384. The van der Waals surface area contributed by atoms with Crippen LogP contribution >= 0.6 is 0 Å². The molecular formula is C22H24N8O3. The fourth-order valence-corrected chi connectivity index (χ4v) is 3.25. The Labute approximate surface area is 190 Å². The molecule has 4 rings (SSSR count). The van der Waals surface area contributed by atoms with Crippen molar-refractivity contribution >= 4 is 35.4 Å². The van der Waals surface area contributed by atoms with E-state index in [-0.39, 0.29) is 11.6 Å². The van der Waals surface area contributed by atoms with Gasteiger partial charge in [0.25, 0.3) is 5.69 Å². The smallest absolute Gasteiger partial charge is 0.270 e. The number of nitrogens with one attached hydrogen (secondary N) is 2. The number of benzene rings is 2. The summed E-state index contributed by atoms with van der Waals surface area (Å²) in [7, 11) is 0. The van der Waals surface area contributed by atoms with Crippen LogP contribution in [0.5, 0.6) is 0 Å². The summed E-state index contributed by atoms with van der Waals surface area (Å²) in [5.74, 6) is 1.14. The summed E-state index contributed by atoms with van der Waals surface area (Å²) in [5, 5.41) is 18.4. The predicted molar refractivity (Wildman–Crippen MR) is 126 cm³/mol. The number of nitro groups is 1. The molecule has 1 aliphatic heterocycles. The van der Waals surface area contributed by atoms with E-state index in [9.17, 15) is 10.1 Å². The SMILES string of the molecule is Cc1ccc(C)c(Nc2nc(N/N=C\c3cccc([N+](=O)[O-])c3)nc(N3CCOCC3)n2)c1. The number of rotatable bonds is 7. The van der Waals surface area contributed by atoms with Crippen molar-refractivity contribution in [1.82, 2.24) is 15.0 Å². The molecule has 2 aromatic carbocycles. The zero-order valence-electron chi connectivity index (χ0n) is 18.4. The van der Waals surface area contributed by atoms with E-state index in [0.29, 0.717) is 43.8 Å². The van der Waals surface area contributed by atoms with Crippen molar-refractivity contribution in [3.63, 3.8) is 0 Å². The number of nitrogens with zero attached hydrogens (tertiary/aromatic N) is 6. The second-order valence-corrected chi connectivity index (χ2v) is 7.55. The van der Waals surface area contributed by atoms with Gasteiger partial charge in [-0.1, -0.05) is 24.3 Å². The zero-order valence-corrected chi connectivity index (χ0v) is 18.4. The third kappa shape index (κ3) is 5.77. The molecule has 2 N–H and O–H groups in total. The second kappa shape index (κ2) is 10.0. The predicted octanol–water partition coefficient (Wildman–Crippen LogP) is 3.42. The molecular weight excluding hydrogens is 424 g/mol. The number of anilines is 4. The van der Waals surface area contributed by atoms with E-state index in [1.807, 2.05) is 36.9 Å². The zero-order chi connectivity index (χ0) is 23.2. The molecule has 170 valence electrons. The molecule has 2 heterocycles. The first kappa shape index (κ1) is 22.1. The van der Waals surface area contributed by atoms with Crippen molar-refractivity contribution in [2.75, 3.05) is 41.9 Å². The number of morpholine rings is 1. The van der Waals surface area contributed by atoms with Crippen molar-refractivity contribution in [1.29, 1.82) is 0 Å². The lowest BCUT2D eigenvalue weighted by atomic mass is 10.1. The molecule has 1 aromatic heterocycles. The average molecular weight is 448 g/mol. The minimum atomic E-state index is -0.448. The molecule has 1 aliphatic rings. The van der Waals surface area contributed by atoms with Crippen LogP contribution in [0.2, 0.25) is 0 Å². The van der Waals surface area contributed by atoms with Crippen molar-refractivity contribution < 1.29 is 9.66 Å². The van der Waals surface area contributed by atoms with Gasteiger partial charge in [0.2, 0.25) is 17.8 Å². The van der Waals surface area contributed by atoms with Crippen LogP contribution in [0.1, 0.15) is 16.7 Å². The van der Waals surface area contributed by atoms with Gasteiger partial charge in [-0.15, -0.1) is 0 Å². The van der Waals surface area contributed by atoms with Crippen LogP contribution in [-0.4, -0.2) is 52.4 Å². The molecule has 11 heteroatoms. The maximum Gasteiger partial charge on any atom is 0.270 e. The lowest BCUT2D eigenvalue weighted by Gasteiger charge is -2.27. The molecule has 1 saturated heterocycles. The highest BCUT2D eigenvalue weighted by Crippen LogP contribution is 2.22. The number of hydrogen-bond acceptors (Lipinski definition) is 10. The fourth-order valence-electron chi connectivity index (χ4n) is 3.25. The monoisotopic (exact) mass is 448 g/mol. The van der Waals surface area contributed by atoms with Crippen molar-refractivity contribution in [2.45, 2.75) is 13.8 Å². The summed E-state index contributed by atoms with van der Waals surface area (Å²) in [5.41, 5.74) is 6.47. The molecule has 33 heavy (non-hydrogen) atoms. The number of aromatic nitrogens is 3.